The van der Waals surface area contributed by atoms with E-state index in [0.29, 0.717) is 16.3 Å². The van der Waals surface area contributed by atoms with Crippen LogP contribution in [0.1, 0.15) is 28.4 Å². The molecule has 1 unspecified atom stereocenters. The van der Waals surface area contributed by atoms with Crippen LogP contribution in [0.25, 0.3) is 0 Å². The van der Waals surface area contributed by atoms with Crippen LogP contribution in [0, 0.1) is 0 Å². The minimum absolute atomic E-state index is 0.116. The number of rotatable bonds is 6. The molecule has 0 saturated carbocycles. The average Bonchev–Trinajstić information content (AvgIpc) is 2.70. The third-order valence-electron chi connectivity index (χ3n) is 4.06. The molecular weight excluding hydrogens is 360 g/mol. The fourth-order valence-corrected chi connectivity index (χ4v) is 2.83. The first kappa shape index (κ1) is 18.7. The van der Waals surface area contributed by atoms with Crippen LogP contribution in [0.3, 0.4) is 0 Å². The van der Waals surface area contributed by atoms with Gasteiger partial charge in [-0.05, 0) is 42.0 Å². The monoisotopic (exact) mass is 378 g/mol. The Morgan fingerprint density at radius 2 is 1.41 bits per heavy atom. The summed E-state index contributed by atoms with van der Waals surface area (Å²) in [7, 11) is 0. The first-order chi connectivity index (χ1) is 13.1. The van der Waals surface area contributed by atoms with Gasteiger partial charge in [0.2, 0.25) is 5.91 Å². The van der Waals surface area contributed by atoms with Crippen LogP contribution >= 0.6 is 11.6 Å². The Labute approximate surface area is 163 Å². The summed E-state index contributed by atoms with van der Waals surface area (Å²) in [4.78, 5) is 25.1. The third kappa shape index (κ3) is 5.43. The van der Waals surface area contributed by atoms with E-state index in [1.807, 2.05) is 36.4 Å². The third-order valence-corrected chi connectivity index (χ3v) is 4.31. The van der Waals surface area contributed by atoms with E-state index >= 15 is 0 Å². The highest BCUT2D eigenvalue weighted by molar-refractivity contribution is 6.30. The minimum atomic E-state index is -0.439. The number of carbonyl (C=O) groups is 2. The Hall–Kier alpha value is -3.11. The normalized spacial score (nSPS) is 11.4. The molecular formula is C22H19ClN2O2. The molecule has 3 aromatic carbocycles. The molecule has 0 fully saturated rings. The minimum Gasteiger partial charge on any atom is -0.345 e. The van der Waals surface area contributed by atoms with Crippen molar-refractivity contribution in [3.63, 3.8) is 0 Å². The molecule has 0 spiro atoms. The summed E-state index contributed by atoms with van der Waals surface area (Å²) in [6.07, 6.45) is 0.116. The summed E-state index contributed by atoms with van der Waals surface area (Å²) in [5.41, 5.74) is 2.08. The quantitative estimate of drug-likeness (QED) is 0.644. The molecule has 0 aliphatic heterocycles. The molecule has 5 heteroatoms. The molecule has 0 bridgehead atoms. The number of halogens is 1. The number of benzene rings is 3. The van der Waals surface area contributed by atoms with Crippen LogP contribution in [-0.4, -0.2) is 11.8 Å². The van der Waals surface area contributed by atoms with Gasteiger partial charge < -0.3 is 10.6 Å². The lowest BCUT2D eigenvalue weighted by atomic mass is 10.0. The van der Waals surface area contributed by atoms with Crippen LogP contribution in [-0.2, 0) is 4.79 Å². The highest BCUT2D eigenvalue weighted by Gasteiger charge is 2.19. The lowest BCUT2D eigenvalue weighted by Crippen LogP contribution is -2.31. The molecule has 3 aromatic rings. The smallest absolute Gasteiger partial charge is 0.251 e. The maximum atomic E-state index is 12.5. The fraction of sp³-hybridized carbons (Fsp3) is 0.0909. The van der Waals surface area contributed by atoms with Crippen molar-refractivity contribution in [1.29, 1.82) is 0 Å². The Kier molecular flexibility index (Phi) is 6.23. The number of nitrogens with one attached hydrogen (secondary N) is 2. The first-order valence-corrected chi connectivity index (χ1v) is 8.96. The molecule has 4 nitrogen and oxygen atoms in total. The van der Waals surface area contributed by atoms with Crippen molar-refractivity contribution in [3.05, 3.63) is 101 Å². The molecule has 0 heterocycles. The molecule has 0 saturated heterocycles. The molecule has 2 N–H and O–H groups in total. The molecule has 1 atom stereocenters. The van der Waals surface area contributed by atoms with Gasteiger partial charge >= 0.3 is 0 Å². The number of carbonyl (C=O) groups excluding carboxylic acids is 2. The van der Waals surface area contributed by atoms with Gasteiger partial charge in [0, 0.05) is 16.3 Å². The van der Waals surface area contributed by atoms with Gasteiger partial charge in [-0.25, -0.2) is 0 Å². The fourth-order valence-electron chi connectivity index (χ4n) is 2.70. The van der Waals surface area contributed by atoms with Crippen LogP contribution in [0.4, 0.5) is 5.69 Å². The SMILES string of the molecule is O=C(CC(NC(=O)c1ccccc1)c1ccccc1)Nc1ccc(Cl)cc1. The highest BCUT2D eigenvalue weighted by atomic mass is 35.5. The molecule has 0 aromatic heterocycles. The zero-order valence-corrected chi connectivity index (χ0v) is 15.3. The average molecular weight is 379 g/mol. The van der Waals surface area contributed by atoms with Gasteiger partial charge in [0.25, 0.3) is 5.91 Å². The zero-order valence-electron chi connectivity index (χ0n) is 14.6. The standard InChI is InChI=1S/C22H19ClN2O2/c23-18-11-13-19(14-12-18)24-21(26)15-20(16-7-3-1-4-8-16)25-22(27)17-9-5-2-6-10-17/h1-14,20H,15H2,(H,24,26)(H,25,27). The zero-order chi connectivity index (χ0) is 19.1. The molecule has 136 valence electrons. The van der Waals surface area contributed by atoms with Crippen LogP contribution in [0.5, 0.6) is 0 Å². The van der Waals surface area contributed by atoms with E-state index in [2.05, 4.69) is 10.6 Å². The summed E-state index contributed by atoms with van der Waals surface area (Å²) < 4.78 is 0. The van der Waals surface area contributed by atoms with Crippen molar-refractivity contribution in [2.75, 3.05) is 5.32 Å². The highest BCUT2D eigenvalue weighted by Crippen LogP contribution is 2.19. The van der Waals surface area contributed by atoms with E-state index in [-0.39, 0.29) is 18.2 Å². The van der Waals surface area contributed by atoms with Gasteiger partial charge in [-0.2, -0.15) is 0 Å². The number of anilines is 1. The largest absolute Gasteiger partial charge is 0.345 e. The van der Waals surface area contributed by atoms with E-state index in [1.165, 1.54) is 0 Å². The van der Waals surface area contributed by atoms with Gasteiger partial charge in [-0.15, -0.1) is 0 Å². The maximum absolute atomic E-state index is 12.5. The van der Waals surface area contributed by atoms with E-state index in [0.717, 1.165) is 5.56 Å². The molecule has 0 aliphatic carbocycles. The summed E-state index contributed by atoms with van der Waals surface area (Å²) in [5, 5.41) is 6.39. The van der Waals surface area contributed by atoms with Crippen molar-refractivity contribution in [2.45, 2.75) is 12.5 Å². The Bertz CT molecular complexity index is 897. The maximum Gasteiger partial charge on any atom is 0.251 e. The summed E-state index contributed by atoms with van der Waals surface area (Å²) >= 11 is 5.87. The van der Waals surface area contributed by atoms with E-state index in [4.69, 9.17) is 11.6 Å². The van der Waals surface area contributed by atoms with E-state index in [9.17, 15) is 9.59 Å². The van der Waals surface area contributed by atoms with Crippen molar-refractivity contribution >= 4 is 29.1 Å². The summed E-state index contributed by atoms with van der Waals surface area (Å²) in [6.45, 7) is 0. The van der Waals surface area contributed by atoms with Crippen molar-refractivity contribution in [1.82, 2.24) is 5.32 Å². The van der Waals surface area contributed by atoms with E-state index in [1.54, 1.807) is 48.5 Å². The predicted octanol–water partition coefficient (Wildman–Crippen LogP) is 4.84. The molecule has 2 amide bonds. The number of hydrogen-bond acceptors (Lipinski definition) is 2. The van der Waals surface area contributed by atoms with Gasteiger partial charge in [0.15, 0.2) is 0 Å². The molecule has 0 aliphatic rings. The van der Waals surface area contributed by atoms with Crippen LogP contribution in [0.2, 0.25) is 5.02 Å². The van der Waals surface area contributed by atoms with Gasteiger partial charge in [-0.1, -0.05) is 60.1 Å². The lowest BCUT2D eigenvalue weighted by molar-refractivity contribution is -0.116. The first-order valence-electron chi connectivity index (χ1n) is 8.58. The number of amides is 2. The predicted molar refractivity (Wildman–Crippen MR) is 108 cm³/mol. The summed E-state index contributed by atoms with van der Waals surface area (Å²) in [6, 6.07) is 24.9. The van der Waals surface area contributed by atoms with Crippen molar-refractivity contribution < 1.29 is 9.59 Å². The van der Waals surface area contributed by atoms with Gasteiger partial charge in [0.05, 0.1) is 12.5 Å². The Morgan fingerprint density at radius 1 is 0.815 bits per heavy atom. The Balaban J connectivity index is 1.73. The van der Waals surface area contributed by atoms with E-state index < -0.39 is 6.04 Å². The van der Waals surface area contributed by atoms with Crippen molar-refractivity contribution in [2.24, 2.45) is 0 Å². The van der Waals surface area contributed by atoms with Crippen LogP contribution < -0.4 is 10.6 Å². The van der Waals surface area contributed by atoms with Gasteiger partial charge in [-0.3, -0.25) is 9.59 Å². The molecule has 3 rings (SSSR count). The second kappa shape index (κ2) is 9.01. The topological polar surface area (TPSA) is 58.2 Å². The van der Waals surface area contributed by atoms with Crippen LogP contribution in [0.15, 0.2) is 84.9 Å². The Morgan fingerprint density at radius 3 is 2.04 bits per heavy atom. The second-order valence-electron chi connectivity index (χ2n) is 6.06. The van der Waals surface area contributed by atoms with Crippen molar-refractivity contribution in [3.8, 4) is 0 Å². The molecule has 0 radical (unpaired) electrons. The summed E-state index contributed by atoms with van der Waals surface area (Å²) in [5.74, 6) is -0.414. The lowest BCUT2D eigenvalue weighted by Gasteiger charge is -2.19. The second-order valence-corrected chi connectivity index (χ2v) is 6.50. The van der Waals surface area contributed by atoms with Gasteiger partial charge in [0.1, 0.15) is 0 Å². The number of hydrogen-bond donors (Lipinski definition) is 2. The molecule has 27 heavy (non-hydrogen) atoms.